The third kappa shape index (κ3) is 4.12. The monoisotopic (exact) mass is 278 g/mol. The molecule has 1 aliphatic carbocycles. The predicted octanol–water partition coefficient (Wildman–Crippen LogP) is 2.31. The van der Waals surface area contributed by atoms with Crippen LogP contribution in [-0.2, 0) is 6.54 Å². The lowest BCUT2D eigenvalue weighted by Gasteiger charge is -2.26. The second-order valence-corrected chi connectivity index (χ2v) is 5.60. The lowest BCUT2D eigenvalue weighted by molar-refractivity contribution is 0.309. The Labute approximate surface area is 121 Å². The van der Waals surface area contributed by atoms with E-state index in [1.165, 1.54) is 19.3 Å². The van der Waals surface area contributed by atoms with Crippen LogP contribution in [0.25, 0.3) is 0 Å². The zero-order valence-electron chi connectivity index (χ0n) is 12.5. The maximum atomic E-state index is 6.02. The first-order valence-electron chi connectivity index (χ1n) is 7.40. The molecule has 0 aliphatic heterocycles. The number of hydrogen-bond donors (Lipinski definition) is 2. The van der Waals surface area contributed by atoms with E-state index < -0.39 is 0 Å². The van der Waals surface area contributed by atoms with E-state index in [1.807, 2.05) is 12.1 Å². The van der Waals surface area contributed by atoms with E-state index in [-0.39, 0.29) is 0 Å². The number of methoxy groups -OCH3 is 2. The first kappa shape index (κ1) is 15.1. The van der Waals surface area contributed by atoms with E-state index in [4.69, 9.17) is 15.2 Å². The zero-order chi connectivity index (χ0) is 14.4. The van der Waals surface area contributed by atoms with Crippen LogP contribution < -0.4 is 20.5 Å². The van der Waals surface area contributed by atoms with Crippen molar-refractivity contribution in [2.75, 3.05) is 20.8 Å². The average molecular weight is 278 g/mol. The summed E-state index contributed by atoms with van der Waals surface area (Å²) in [6, 6.07) is 6.34. The van der Waals surface area contributed by atoms with E-state index in [0.717, 1.165) is 36.6 Å². The van der Waals surface area contributed by atoms with Gasteiger partial charge in [-0.3, -0.25) is 0 Å². The highest BCUT2D eigenvalue weighted by Crippen LogP contribution is 2.25. The molecule has 4 nitrogen and oxygen atoms in total. The van der Waals surface area contributed by atoms with Crippen LogP contribution in [0.4, 0.5) is 0 Å². The van der Waals surface area contributed by atoms with Crippen molar-refractivity contribution in [1.82, 2.24) is 5.32 Å². The van der Waals surface area contributed by atoms with Gasteiger partial charge in [0.25, 0.3) is 0 Å². The largest absolute Gasteiger partial charge is 0.497 e. The number of hydrogen-bond acceptors (Lipinski definition) is 4. The third-order valence-corrected chi connectivity index (χ3v) is 4.07. The van der Waals surface area contributed by atoms with Crippen LogP contribution in [0.2, 0.25) is 0 Å². The van der Waals surface area contributed by atoms with Crippen molar-refractivity contribution in [1.29, 1.82) is 0 Å². The van der Waals surface area contributed by atoms with E-state index in [9.17, 15) is 0 Å². The number of nitrogens with one attached hydrogen (secondary N) is 1. The Bertz CT molecular complexity index is 423. The van der Waals surface area contributed by atoms with E-state index in [2.05, 4.69) is 11.4 Å². The molecule has 3 N–H and O–H groups in total. The molecular weight excluding hydrogens is 252 g/mol. The van der Waals surface area contributed by atoms with Crippen LogP contribution in [0.5, 0.6) is 11.5 Å². The standard InChI is InChI=1S/C16H26N2O2/c1-19-15-7-6-13(16(9-15)20-2)11-18-10-12-4-3-5-14(17)8-12/h6-7,9,12,14,18H,3-5,8,10-11,17H2,1-2H3/t12-,14+/m0/s1. The van der Waals surface area contributed by atoms with Crippen LogP contribution >= 0.6 is 0 Å². The highest BCUT2D eigenvalue weighted by atomic mass is 16.5. The molecule has 0 unspecified atom stereocenters. The van der Waals surface area contributed by atoms with Gasteiger partial charge in [0.15, 0.2) is 0 Å². The van der Waals surface area contributed by atoms with Gasteiger partial charge in [0.05, 0.1) is 14.2 Å². The molecular formula is C16H26N2O2. The summed E-state index contributed by atoms with van der Waals surface area (Å²) >= 11 is 0. The molecule has 2 rings (SSSR count). The third-order valence-electron chi connectivity index (χ3n) is 4.07. The normalized spacial score (nSPS) is 22.6. The van der Waals surface area contributed by atoms with E-state index >= 15 is 0 Å². The van der Waals surface area contributed by atoms with Gasteiger partial charge < -0.3 is 20.5 Å². The molecule has 0 aromatic heterocycles. The number of rotatable bonds is 6. The average Bonchev–Trinajstić information content (AvgIpc) is 2.47. The van der Waals surface area contributed by atoms with Crippen molar-refractivity contribution >= 4 is 0 Å². The zero-order valence-corrected chi connectivity index (χ0v) is 12.5. The highest BCUT2D eigenvalue weighted by molar-refractivity contribution is 5.40. The lowest BCUT2D eigenvalue weighted by Crippen LogP contribution is -2.33. The Balaban J connectivity index is 1.84. The van der Waals surface area contributed by atoms with E-state index in [0.29, 0.717) is 12.0 Å². The molecule has 1 saturated carbocycles. The van der Waals surface area contributed by atoms with Crippen LogP contribution in [0.3, 0.4) is 0 Å². The van der Waals surface area contributed by atoms with Crippen molar-refractivity contribution in [2.24, 2.45) is 11.7 Å². The minimum Gasteiger partial charge on any atom is -0.497 e. The molecule has 1 aromatic carbocycles. The maximum Gasteiger partial charge on any atom is 0.127 e. The van der Waals surface area contributed by atoms with Gasteiger partial charge in [0.1, 0.15) is 11.5 Å². The van der Waals surface area contributed by atoms with Crippen molar-refractivity contribution < 1.29 is 9.47 Å². The van der Waals surface area contributed by atoms with Gasteiger partial charge in [-0.25, -0.2) is 0 Å². The van der Waals surface area contributed by atoms with Crippen LogP contribution in [0, 0.1) is 5.92 Å². The summed E-state index contributed by atoms with van der Waals surface area (Å²) in [6.07, 6.45) is 4.88. The summed E-state index contributed by atoms with van der Waals surface area (Å²) in [5, 5.41) is 3.53. The molecule has 1 aromatic rings. The fourth-order valence-corrected chi connectivity index (χ4v) is 2.93. The van der Waals surface area contributed by atoms with Gasteiger partial charge in [-0.15, -0.1) is 0 Å². The van der Waals surface area contributed by atoms with Crippen molar-refractivity contribution in [3.63, 3.8) is 0 Å². The summed E-state index contributed by atoms with van der Waals surface area (Å²) in [5.74, 6) is 2.41. The Hall–Kier alpha value is -1.26. The fourth-order valence-electron chi connectivity index (χ4n) is 2.93. The first-order valence-corrected chi connectivity index (χ1v) is 7.40. The second-order valence-electron chi connectivity index (χ2n) is 5.60. The number of ether oxygens (including phenoxy) is 2. The van der Waals surface area contributed by atoms with Crippen LogP contribution in [0.1, 0.15) is 31.2 Å². The van der Waals surface area contributed by atoms with Crippen LogP contribution in [-0.4, -0.2) is 26.8 Å². The Morgan fingerprint density at radius 2 is 2.10 bits per heavy atom. The molecule has 0 saturated heterocycles. The second kappa shape index (κ2) is 7.50. The molecule has 112 valence electrons. The van der Waals surface area contributed by atoms with Crippen molar-refractivity contribution in [3.05, 3.63) is 23.8 Å². The Morgan fingerprint density at radius 3 is 2.80 bits per heavy atom. The maximum absolute atomic E-state index is 6.02. The minimum atomic E-state index is 0.395. The summed E-state index contributed by atoms with van der Waals surface area (Å²) in [6.45, 7) is 1.85. The van der Waals surface area contributed by atoms with Gasteiger partial charge in [0.2, 0.25) is 0 Å². The molecule has 2 atom stereocenters. The summed E-state index contributed by atoms with van der Waals surface area (Å²) < 4.78 is 10.6. The minimum absolute atomic E-state index is 0.395. The first-order chi connectivity index (χ1) is 9.72. The molecule has 1 aliphatic rings. The summed E-state index contributed by atoms with van der Waals surface area (Å²) in [4.78, 5) is 0. The number of benzene rings is 1. The van der Waals surface area contributed by atoms with Crippen molar-refractivity contribution in [3.8, 4) is 11.5 Å². The van der Waals surface area contributed by atoms with Gasteiger partial charge in [-0.05, 0) is 37.8 Å². The Morgan fingerprint density at radius 1 is 1.25 bits per heavy atom. The summed E-state index contributed by atoms with van der Waals surface area (Å²) in [5.41, 5.74) is 7.18. The van der Waals surface area contributed by atoms with Gasteiger partial charge in [-0.1, -0.05) is 12.5 Å². The van der Waals surface area contributed by atoms with Gasteiger partial charge >= 0.3 is 0 Å². The molecule has 0 radical (unpaired) electrons. The molecule has 20 heavy (non-hydrogen) atoms. The quantitative estimate of drug-likeness (QED) is 0.838. The molecule has 0 heterocycles. The SMILES string of the molecule is COc1ccc(CNC[C@H]2CCC[C@@H](N)C2)c(OC)c1. The Kier molecular flexibility index (Phi) is 5.68. The number of nitrogens with two attached hydrogens (primary N) is 1. The topological polar surface area (TPSA) is 56.5 Å². The molecule has 0 bridgehead atoms. The van der Waals surface area contributed by atoms with Crippen LogP contribution in [0.15, 0.2) is 18.2 Å². The summed E-state index contributed by atoms with van der Waals surface area (Å²) in [7, 11) is 3.36. The molecule has 0 amide bonds. The lowest BCUT2D eigenvalue weighted by atomic mass is 9.86. The van der Waals surface area contributed by atoms with Gasteiger partial charge in [0, 0.05) is 24.2 Å². The van der Waals surface area contributed by atoms with Gasteiger partial charge in [-0.2, -0.15) is 0 Å². The van der Waals surface area contributed by atoms with E-state index in [1.54, 1.807) is 14.2 Å². The molecule has 1 fully saturated rings. The molecule has 4 heteroatoms. The van der Waals surface area contributed by atoms with Crippen molar-refractivity contribution in [2.45, 2.75) is 38.3 Å². The fraction of sp³-hybridized carbons (Fsp3) is 0.625. The smallest absolute Gasteiger partial charge is 0.127 e. The predicted molar refractivity (Wildman–Crippen MR) is 81.2 cm³/mol. The highest BCUT2D eigenvalue weighted by Gasteiger charge is 2.18. The molecule has 0 spiro atoms.